The summed E-state index contributed by atoms with van der Waals surface area (Å²) >= 11 is 6.98. The number of carbonyl (C=O) groups is 2. The van der Waals surface area contributed by atoms with Crippen molar-refractivity contribution in [3.05, 3.63) is 81.4 Å². The summed E-state index contributed by atoms with van der Waals surface area (Å²) in [6.45, 7) is 6.56. The summed E-state index contributed by atoms with van der Waals surface area (Å²) < 4.78 is 3.86. The third kappa shape index (κ3) is 5.95. The van der Waals surface area contributed by atoms with Crippen LogP contribution in [0.2, 0.25) is 5.02 Å². The molecule has 50 heavy (non-hydrogen) atoms. The van der Waals surface area contributed by atoms with E-state index in [1.54, 1.807) is 6.07 Å². The molecule has 2 fully saturated rings. The number of nitrogens with one attached hydrogen (secondary N) is 2. The Hall–Kier alpha value is -3.99. The Morgan fingerprint density at radius 2 is 1.44 bits per heavy atom. The SMILES string of the molecule is Cc1c(NC(=O)c2nc3c(n2C)CCN(CCC24CCC(CC2)C4)C3)cccc1-c1cccc(NC(=O)c2nc3c(n2C)CCN(C)C3)c1Cl. The fraction of sp³-hybridized carbons (Fsp3) is 0.487. The van der Waals surface area contributed by atoms with E-state index in [4.69, 9.17) is 16.6 Å². The second-order valence-corrected chi connectivity index (χ2v) is 15.6. The molecule has 0 radical (unpaired) electrons. The van der Waals surface area contributed by atoms with E-state index in [-0.39, 0.29) is 11.8 Å². The quantitative estimate of drug-likeness (QED) is 0.216. The highest BCUT2D eigenvalue weighted by Crippen LogP contribution is 2.56. The number of carbonyl (C=O) groups excluding carboxylic acids is 2. The summed E-state index contributed by atoms with van der Waals surface area (Å²) in [7, 11) is 5.90. The molecule has 2 aliphatic carbocycles. The molecule has 8 rings (SSSR count). The molecule has 2 aromatic carbocycles. The standard InChI is InChI=1S/C39H47ClN8O2/c1-24-26(27-8-6-10-29(34(27)40)44-38(50)36-41-30-22-45(2)18-13-32(30)46(36)3)7-5-9-28(24)43-37(49)35-42-31-23-48(19-14-33(31)47(35)4)20-17-39-15-11-25(21-39)12-16-39/h5-10,25H,11-23H2,1-4H3,(H,43,49)(H,44,50). The highest BCUT2D eigenvalue weighted by Gasteiger charge is 2.44. The first-order chi connectivity index (χ1) is 24.1. The Balaban J connectivity index is 0.967. The van der Waals surface area contributed by atoms with Crippen LogP contribution < -0.4 is 10.6 Å². The Bertz CT molecular complexity index is 1990. The second kappa shape index (κ2) is 13.0. The number of amides is 2. The van der Waals surface area contributed by atoms with Crippen molar-refractivity contribution in [2.24, 2.45) is 25.4 Å². The van der Waals surface area contributed by atoms with Crippen LogP contribution in [0.5, 0.6) is 0 Å². The molecule has 4 heterocycles. The first kappa shape index (κ1) is 33.2. The molecule has 4 aliphatic rings. The maximum Gasteiger partial charge on any atom is 0.291 e. The number of aromatic nitrogens is 4. The van der Waals surface area contributed by atoms with Crippen LogP contribution in [0.4, 0.5) is 11.4 Å². The fourth-order valence-electron chi connectivity index (χ4n) is 9.15. The van der Waals surface area contributed by atoms with Gasteiger partial charge in [-0.2, -0.15) is 0 Å². The van der Waals surface area contributed by atoms with Crippen molar-refractivity contribution in [1.82, 2.24) is 28.9 Å². The lowest BCUT2D eigenvalue weighted by atomic mass is 9.81. The third-order valence-corrected chi connectivity index (χ3v) is 12.6. The van der Waals surface area contributed by atoms with Gasteiger partial charge in [-0.15, -0.1) is 0 Å². The normalized spacial score (nSPS) is 21.7. The maximum atomic E-state index is 13.7. The lowest BCUT2D eigenvalue weighted by Gasteiger charge is -2.32. The molecular formula is C39H47ClN8O2. The Morgan fingerprint density at radius 1 is 0.840 bits per heavy atom. The average Bonchev–Trinajstić information content (AvgIpc) is 3.88. The Kier molecular flexibility index (Phi) is 8.60. The molecule has 2 aromatic heterocycles. The van der Waals surface area contributed by atoms with Gasteiger partial charge in [0.1, 0.15) is 0 Å². The first-order valence-electron chi connectivity index (χ1n) is 18.1. The van der Waals surface area contributed by atoms with Crippen LogP contribution in [0.25, 0.3) is 11.1 Å². The number of benzene rings is 2. The molecule has 2 amide bonds. The van der Waals surface area contributed by atoms with E-state index < -0.39 is 0 Å². The highest BCUT2D eigenvalue weighted by molar-refractivity contribution is 6.36. The van der Waals surface area contributed by atoms with Crippen molar-refractivity contribution in [2.75, 3.05) is 37.3 Å². The van der Waals surface area contributed by atoms with Crippen LogP contribution in [-0.4, -0.2) is 67.4 Å². The minimum Gasteiger partial charge on any atom is -0.327 e. The molecule has 2 bridgehead atoms. The van der Waals surface area contributed by atoms with Crippen molar-refractivity contribution >= 4 is 34.8 Å². The van der Waals surface area contributed by atoms with E-state index in [0.29, 0.717) is 33.5 Å². The van der Waals surface area contributed by atoms with Gasteiger partial charge < -0.3 is 24.7 Å². The topological polar surface area (TPSA) is 100 Å². The minimum absolute atomic E-state index is 0.230. The van der Waals surface area contributed by atoms with Crippen LogP contribution in [-0.2, 0) is 40.0 Å². The smallest absolute Gasteiger partial charge is 0.291 e. The van der Waals surface area contributed by atoms with E-state index in [1.807, 2.05) is 60.5 Å². The molecule has 10 nitrogen and oxygen atoms in total. The van der Waals surface area contributed by atoms with E-state index in [0.717, 1.165) is 90.9 Å². The lowest BCUT2D eigenvalue weighted by Crippen LogP contribution is -2.34. The van der Waals surface area contributed by atoms with Gasteiger partial charge in [-0.05, 0) is 93.6 Å². The summed E-state index contributed by atoms with van der Waals surface area (Å²) in [5.74, 6) is 1.24. The summed E-state index contributed by atoms with van der Waals surface area (Å²) in [6.07, 6.45) is 10.1. The summed E-state index contributed by atoms with van der Waals surface area (Å²) in [5.41, 5.74) is 8.48. The number of likely N-dealkylation sites (N-methyl/N-ethyl adjacent to an activating group) is 1. The number of rotatable bonds is 8. The first-order valence-corrected chi connectivity index (χ1v) is 18.5. The molecule has 2 aliphatic heterocycles. The van der Waals surface area contributed by atoms with Gasteiger partial charge >= 0.3 is 0 Å². The van der Waals surface area contributed by atoms with Crippen LogP contribution in [0, 0.1) is 18.3 Å². The zero-order chi connectivity index (χ0) is 34.7. The summed E-state index contributed by atoms with van der Waals surface area (Å²) in [6, 6.07) is 11.4. The highest BCUT2D eigenvalue weighted by atomic mass is 35.5. The maximum absolute atomic E-state index is 13.7. The largest absolute Gasteiger partial charge is 0.327 e. The molecule has 2 N–H and O–H groups in total. The molecule has 2 saturated carbocycles. The second-order valence-electron chi connectivity index (χ2n) is 15.2. The van der Waals surface area contributed by atoms with E-state index >= 15 is 0 Å². The molecule has 4 aromatic rings. The lowest BCUT2D eigenvalue weighted by molar-refractivity contribution is 0.100. The summed E-state index contributed by atoms with van der Waals surface area (Å²) in [5, 5.41) is 6.55. The summed E-state index contributed by atoms with van der Waals surface area (Å²) in [4.78, 5) is 41.4. The van der Waals surface area contributed by atoms with Crippen molar-refractivity contribution < 1.29 is 9.59 Å². The predicted molar refractivity (Wildman–Crippen MR) is 197 cm³/mol. The van der Waals surface area contributed by atoms with Gasteiger partial charge in [-0.3, -0.25) is 14.5 Å². The number of hydrogen-bond acceptors (Lipinski definition) is 6. The van der Waals surface area contributed by atoms with E-state index in [1.165, 1.54) is 38.5 Å². The molecule has 0 unspecified atom stereocenters. The minimum atomic E-state index is -0.303. The molecule has 0 atom stereocenters. The molecule has 11 heteroatoms. The molecule has 0 spiro atoms. The van der Waals surface area contributed by atoms with Crippen LogP contribution in [0.1, 0.15) is 88.1 Å². The van der Waals surface area contributed by atoms with Crippen LogP contribution in [0.15, 0.2) is 36.4 Å². The van der Waals surface area contributed by atoms with Gasteiger partial charge in [0.05, 0.1) is 22.1 Å². The molecular weight excluding hydrogens is 648 g/mol. The van der Waals surface area contributed by atoms with Gasteiger partial charge in [-0.1, -0.05) is 35.9 Å². The van der Waals surface area contributed by atoms with Gasteiger partial charge in [0.2, 0.25) is 0 Å². The zero-order valence-corrected chi connectivity index (χ0v) is 30.4. The van der Waals surface area contributed by atoms with E-state index in [9.17, 15) is 9.59 Å². The zero-order valence-electron chi connectivity index (χ0n) is 29.6. The Morgan fingerprint density at radius 3 is 2.10 bits per heavy atom. The number of anilines is 2. The average molecular weight is 695 g/mol. The predicted octanol–water partition coefficient (Wildman–Crippen LogP) is 6.60. The number of nitrogens with zero attached hydrogens (tertiary/aromatic N) is 6. The van der Waals surface area contributed by atoms with Crippen molar-refractivity contribution in [1.29, 1.82) is 0 Å². The van der Waals surface area contributed by atoms with Gasteiger partial charge in [0.25, 0.3) is 11.8 Å². The molecule has 0 saturated heterocycles. The number of halogens is 1. The van der Waals surface area contributed by atoms with Gasteiger partial charge in [0.15, 0.2) is 11.6 Å². The third-order valence-electron chi connectivity index (χ3n) is 12.2. The molecule has 262 valence electrons. The Labute approximate surface area is 299 Å². The fourth-order valence-corrected chi connectivity index (χ4v) is 9.43. The van der Waals surface area contributed by atoms with E-state index in [2.05, 4.69) is 32.5 Å². The van der Waals surface area contributed by atoms with Crippen LogP contribution >= 0.6 is 11.6 Å². The number of fused-ring (bicyclic) bond motifs is 4. The number of imidazole rings is 2. The number of hydrogen-bond donors (Lipinski definition) is 2. The van der Waals surface area contributed by atoms with Crippen molar-refractivity contribution in [2.45, 2.75) is 71.4 Å². The monoisotopic (exact) mass is 694 g/mol. The van der Waals surface area contributed by atoms with Gasteiger partial charge in [-0.25, -0.2) is 9.97 Å². The van der Waals surface area contributed by atoms with Crippen LogP contribution in [0.3, 0.4) is 0 Å². The van der Waals surface area contributed by atoms with Crippen molar-refractivity contribution in [3.8, 4) is 11.1 Å². The van der Waals surface area contributed by atoms with Gasteiger partial charge in [0, 0.05) is 75.8 Å². The van der Waals surface area contributed by atoms with Crippen molar-refractivity contribution in [3.63, 3.8) is 0 Å².